The smallest absolute Gasteiger partial charge is 0.335 e. The van der Waals surface area contributed by atoms with Crippen molar-refractivity contribution >= 4 is 42.9 Å². The number of anilines is 1. The molecule has 0 bridgehead atoms. The van der Waals surface area contributed by atoms with Gasteiger partial charge >= 0.3 is 5.97 Å². The molecule has 1 aromatic heterocycles. The number of sulfone groups is 1. The van der Waals surface area contributed by atoms with Gasteiger partial charge in [0.2, 0.25) is 9.84 Å². The summed E-state index contributed by atoms with van der Waals surface area (Å²) in [5, 5.41) is 10.4. The van der Waals surface area contributed by atoms with Crippen molar-refractivity contribution in [2.45, 2.75) is 26.8 Å². The molecule has 10 heteroatoms. The van der Waals surface area contributed by atoms with Gasteiger partial charge in [-0.3, -0.25) is 4.72 Å². The molecule has 4 rings (SSSR count). The largest absolute Gasteiger partial charge is 0.478 e. The lowest BCUT2D eigenvalue weighted by Crippen LogP contribution is -2.15. The number of aryl methyl sites for hydroxylation is 2. The second-order valence-corrected chi connectivity index (χ2v) is 12.4. The lowest BCUT2D eigenvalue weighted by atomic mass is 10.0. The molecule has 0 amide bonds. The van der Waals surface area contributed by atoms with Crippen LogP contribution in [0, 0.1) is 0 Å². The SMILES string of the molecule is O=C(O)c1ccc(CCc2cccc(NS(=O)(=O)c3sccc3S(=O)(=O)c3ccccc3)c2)cc1. The Kier molecular flexibility index (Phi) is 7.06. The van der Waals surface area contributed by atoms with Gasteiger partial charge in [-0.25, -0.2) is 21.6 Å². The summed E-state index contributed by atoms with van der Waals surface area (Å²) in [6.45, 7) is 0. The highest BCUT2D eigenvalue weighted by molar-refractivity contribution is 7.96. The second-order valence-electron chi connectivity index (χ2n) is 7.70. The number of aromatic carboxylic acids is 1. The molecule has 0 atom stereocenters. The molecule has 3 aromatic carbocycles. The quantitative estimate of drug-likeness (QED) is 0.321. The minimum atomic E-state index is -4.15. The third kappa shape index (κ3) is 5.61. The molecule has 0 saturated heterocycles. The van der Waals surface area contributed by atoms with E-state index in [1.54, 1.807) is 60.7 Å². The van der Waals surface area contributed by atoms with Gasteiger partial charge in [0, 0.05) is 5.69 Å². The lowest BCUT2D eigenvalue weighted by molar-refractivity contribution is 0.0697. The first-order chi connectivity index (χ1) is 16.7. The first-order valence-electron chi connectivity index (χ1n) is 10.5. The predicted molar refractivity (Wildman–Crippen MR) is 134 cm³/mol. The Bertz CT molecular complexity index is 1560. The number of carboxylic acids is 1. The van der Waals surface area contributed by atoms with E-state index in [1.807, 2.05) is 6.07 Å². The average Bonchev–Trinajstić information content (AvgIpc) is 3.36. The van der Waals surface area contributed by atoms with Crippen molar-refractivity contribution in [3.8, 4) is 0 Å². The molecule has 35 heavy (non-hydrogen) atoms. The first-order valence-corrected chi connectivity index (χ1v) is 14.3. The maximum absolute atomic E-state index is 13.1. The van der Waals surface area contributed by atoms with Crippen molar-refractivity contribution in [2.75, 3.05) is 4.72 Å². The first kappa shape index (κ1) is 24.6. The molecular formula is C25H21NO6S3. The number of nitrogens with one attached hydrogen (secondary N) is 1. The fourth-order valence-corrected chi connectivity index (χ4v) is 8.13. The number of rotatable bonds is 9. The van der Waals surface area contributed by atoms with Crippen LogP contribution >= 0.6 is 11.3 Å². The summed E-state index contributed by atoms with van der Waals surface area (Å²) in [4.78, 5) is 10.7. The minimum Gasteiger partial charge on any atom is -0.478 e. The Balaban J connectivity index is 1.52. The van der Waals surface area contributed by atoms with Gasteiger partial charge in [0.05, 0.1) is 10.5 Å². The number of sulfonamides is 1. The number of hydrogen-bond acceptors (Lipinski definition) is 6. The standard InChI is InChI=1S/C25H21NO6S3/c27-24(28)20-13-11-18(12-14-20)9-10-19-5-4-6-21(17-19)26-35(31,32)25-23(15-16-33-25)34(29,30)22-7-2-1-3-8-22/h1-8,11-17,26H,9-10H2,(H,27,28). The van der Waals surface area contributed by atoms with Gasteiger partial charge in [0.15, 0.2) is 4.21 Å². The van der Waals surface area contributed by atoms with Crippen LogP contribution < -0.4 is 4.72 Å². The van der Waals surface area contributed by atoms with Crippen molar-refractivity contribution in [1.29, 1.82) is 0 Å². The van der Waals surface area contributed by atoms with E-state index in [4.69, 9.17) is 5.11 Å². The van der Waals surface area contributed by atoms with E-state index < -0.39 is 25.8 Å². The molecule has 0 saturated carbocycles. The van der Waals surface area contributed by atoms with Crippen molar-refractivity contribution in [3.63, 3.8) is 0 Å². The Morgan fingerprint density at radius 2 is 1.49 bits per heavy atom. The summed E-state index contributed by atoms with van der Waals surface area (Å²) in [6.07, 6.45) is 1.25. The molecule has 0 unspecified atom stereocenters. The van der Waals surface area contributed by atoms with Gasteiger partial charge in [-0.1, -0.05) is 42.5 Å². The molecule has 0 radical (unpaired) electrons. The Morgan fingerprint density at radius 3 is 2.17 bits per heavy atom. The van der Waals surface area contributed by atoms with Crippen LogP contribution in [0.15, 0.2) is 104 Å². The summed E-state index contributed by atoms with van der Waals surface area (Å²) in [5.41, 5.74) is 2.36. The molecule has 0 aliphatic rings. The lowest BCUT2D eigenvalue weighted by Gasteiger charge is -2.11. The molecule has 2 N–H and O–H groups in total. The van der Waals surface area contributed by atoms with Gasteiger partial charge in [0.25, 0.3) is 10.0 Å². The van der Waals surface area contributed by atoms with Crippen LogP contribution in [0.5, 0.6) is 0 Å². The van der Waals surface area contributed by atoms with Crippen molar-refractivity contribution in [3.05, 3.63) is 107 Å². The van der Waals surface area contributed by atoms with E-state index in [0.29, 0.717) is 18.5 Å². The van der Waals surface area contributed by atoms with Gasteiger partial charge in [-0.2, -0.15) is 0 Å². The van der Waals surface area contributed by atoms with Gasteiger partial charge < -0.3 is 5.11 Å². The molecule has 0 spiro atoms. The zero-order valence-electron chi connectivity index (χ0n) is 18.3. The maximum Gasteiger partial charge on any atom is 0.335 e. The molecule has 1 heterocycles. The van der Waals surface area contributed by atoms with E-state index in [0.717, 1.165) is 22.5 Å². The van der Waals surface area contributed by atoms with E-state index in [1.165, 1.54) is 23.6 Å². The topological polar surface area (TPSA) is 118 Å². The molecule has 4 aromatic rings. The summed E-state index contributed by atoms with van der Waals surface area (Å²) in [7, 11) is -8.16. The molecule has 0 aliphatic carbocycles. The van der Waals surface area contributed by atoms with E-state index in [2.05, 4.69) is 4.72 Å². The summed E-state index contributed by atoms with van der Waals surface area (Å²) < 4.78 is 54.5. The van der Waals surface area contributed by atoms with Crippen molar-refractivity contribution in [1.82, 2.24) is 0 Å². The second kappa shape index (κ2) is 10.0. The highest BCUT2D eigenvalue weighted by Crippen LogP contribution is 2.32. The molecule has 7 nitrogen and oxygen atoms in total. The Morgan fingerprint density at radius 1 is 0.800 bits per heavy atom. The van der Waals surface area contributed by atoms with Gasteiger partial charge in [-0.15, -0.1) is 11.3 Å². The number of hydrogen-bond donors (Lipinski definition) is 2. The summed E-state index contributed by atoms with van der Waals surface area (Å²) >= 11 is 0.841. The van der Waals surface area contributed by atoms with Crippen molar-refractivity contribution in [2.24, 2.45) is 0 Å². The van der Waals surface area contributed by atoms with Gasteiger partial charge in [0.1, 0.15) is 4.90 Å². The van der Waals surface area contributed by atoms with Crippen LogP contribution in [0.3, 0.4) is 0 Å². The van der Waals surface area contributed by atoms with E-state index in [9.17, 15) is 21.6 Å². The zero-order chi connectivity index (χ0) is 25.1. The fourth-order valence-electron chi connectivity index (χ4n) is 3.50. The van der Waals surface area contributed by atoms with Crippen LogP contribution in [0.2, 0.25) is 0 Å². The zero-order valence-corrected chi connectivity index (χ0v) is 20.7. The number of benzene rings is 3. The van der Waals surface area contributed by atoms with Crippen molar-refractivity contribution < 1.29 is 26.7 Å². The van der Waals surface area contributed by atoms with Crippen LogP contribution in [-0.4, -0.2) is 27.9 Å². The monoisotopic (exact) mass is 527 g/mol. The highest BCUT2D eigenvalue weighted by Gasteiger charge is 2.29. The molecule has 0 fully saturated rings. The van der Waals surface area contributed by atoms with Crippen LogP contribution in [0.25, 0.3) is 0 Å². The van der Waals surface area contributed by atoms with Crippen LogP contribution in [0.1, 0.15) is 21.5 Å². The molecule has 0 aliphatic heterocycles. The Labute approximate surface area is 207 Å². The van der Waals surface area contributed by atoms with E-state index in [-0.39, 0.29) is 19.6 Å². The fraction of sp³-hybridized carbons (Fsp3) is 0.0800. The molecule has 180 valence electrons. The average molecular weight is 528 g/mol. The van der Waals surface area contributed by atoms with Crippen LogP contribution in [-0.2, 0) is 32.7 Å². The maximum atomic E-state index is 13.1. The third-order valence-corrected chi connectivity index (χ3v) is 10.2. The van der Waals surface area contributed by atoms with Crippen LogP contribution in [0.4, 0.5) is 5.69 Å². The number of thiophene rings is 1. The minimum absolute atomic E-state index is 0.0215. The summed E-state index contributed by atoms with van der Waals surface area (Å²) in [5.74, 6) is -0.984. The van der Waals surface area contributed by atoms with E-state index >= 15 is 0 Å². The molecular weight excluding hydrogens is 506 g/mol. The highest BCUT2D eigenvalue weighted by atomic mass is 32.2. The normalized spacial score (nSPS) is 11.8. The Hall–Kier alpha value is -3.47. The number of carbonyl (C=O) groups is 1. The third-order valence-electron chi connectivity index (χ3n) is 5.27. The van der Waals surface area contributed by atoms with Gasteiger partial charge in [-0.05, 0) is 71.8 Å². The number of carboxylic acid groups (broad SMARTS) is 1. The summed E-state index contributed by atoms with van der Waals surface area (Å²) in [6, 6.07) is 22.5. The predicted octanol–water partition coefficient (Wildman–Crippen LogP) is 4.87.